The van der Waals surface area contributed by atoms with Crippen molar-refractivity contribution in [3.63, 3.8) is 0 Å². The molecule has 6 aromatic carbocycles. The third-order valence-corrected chi connectivity index (χ3v) is 11.9. The quantitative estimate of drug-likeness (QED) is 0.185. The number of thiophene rings is 2. The highest BCUT2D eigenvalue weighted by molar-refractivity contribution is 7.26. The van der Waals surface area contributed by atoms with Crippen molar-refractivity contribution >= 4 is 84.8 Å². The van der Waals surface area contributed by atoms with E-state index < -0.39 is 0 Å². The summed E-state index contributed by atoms with van der Waals surface area (Å²) in [6.45, 7) is 4.85. The fraction of sp³-hybridized carbons (Fsp3) is 0.0769. The molecule has 3 heteroatoms. The van der Waals surface area contributed by atoms with E-state index in [0.717, 1.165) is 0 Å². The summed E-state index contributed by atoms with van der Waals surface area (Å²) >= 11 is 3.84. The molecular formula is C39H25NS2. The lowest BCUT2D eigenvalue weighted by atomic mass is 9.80. The van der Waals surface area contributed by atoms with E-state index in [-0.39, 0.29) is 5.41 Å². The van der Waals surface area contributed by atoms with Crippen LogP contribution in [0.25, 0.3) is 79.0 Å². The first-order valence-electron chi connectivity index (χ1n) is 14.5. The zero-order chi connectivity index (χ0) is 27.7. The average molecular weight is 572 g/mol. The van der Waals surface area contributed by atoms with Crippen molar-refractivity contribution in [3.05, 3.63) is 126 Å². The van der Waals surface area contributed by atoms with Crippen LogP contribution in [0, 0.1) is 0 Å². The van der Waals surface area contributed by atoms with Crippen LogP contribution >= 0.6 is 22.7 Å². The zero-order valence-corrected chi connectivity index (χ0v) is 24.9. The summed E-state index contributed by atoms with van der Waals surface area (Å²) < 4.78 is 8.00. The monoisotopic (exact) mass is 571 g/mol. The molecule has 3 aromatic heterocycles. The second-order valence-corrected chi connectivity index (χ2v) is 14.2. The van der Waals surface area contributed by atoms with Crippen molar-refractivity contribution in [3.8, 4) is 16.8 Å². The second-order valence-electron chi connectivity index (χ2n) is 12.1. The minimum absolute atomic E-state index is 0.114. The van der Waals surface area contributed by atoms with Gasteiger partial charge >= 0.3 is 0 Å². The van der Waals surface area contributed by atoms with Crippen LogP contribution in [0.1, 0.15) is 25.0 Å². The molecule has 0 radical (unpaired) electrons. The van der Waals surface area contributed by atoms with Gasteiger partial charge in [0.05, 0.1) is 11.0 Å². The van der Waals surface area contributed by atoms with Crippen LogP contribution in [-0.2, 0) is 5.41 Å². The Balaban J connectivity index is 1.48. The number of rotatable bonds is 1. The topological polar surface area (TPSA) is 4.93 Å². The molecule has 0 atom stereocenters. The van der Waals surface area contributed by atoms with E-state index in [1.807, 2.05) is 22.7 Å². The van der Waals surface area contributed by atoms with Crippen molar-refractivity contribution in [2.24, 2.45) is 0 Å². The number of aromatic nitrogens is 1. The van der Waals surface area contributed by atoms with Crippen LogP contribution in [-0.4, -0.2) is 4.57 Å². The molecule has 0 saturated carbocycles. The highest BCUT2D eigenvalue weighted by atomic mass is 32.1. The first kappa shape index (κ1) is 23.2. The lowest BCUT2D eigenvalue weighted by molar-refractivity contribution is 0.667. The molecule has 0 spiro atoms. The van der Waals surface area contributed by atoms with Gasteiger partial charge in [-0.15, -0.1) is 22.7 Å². The Labute approximate surface area is 250 Å². The second kappa shape index (κ2) is 7.89. The van der Waals surface area contributed by atoms with Gasteiger partial charge in [-0.05, 0) is 53.1 Å². The Morgan fingerprint density at radius 3 is 2.10 bits per heavy atom. The van der Waals surface area contributed by atoms with Gasteiger partial charge in [0.25, 0.3) is 0 Å². The van der Waals surface area contributed by atoms with Gasteiger partial charge < -0.3 is 4.57 Å². The molecule has 1 aliphatic carbocycles. The molecule has 10 rings (SSSR count). The first-order chi connectivity index (χ1) is 20.6. The Kier molecular flexibility index (Phi) is 4.35. The minimum atomic E-state index is -0.114. The van der Waals surface area contributed by atoms with Crippen LogP contribution in [0.15, 0.2) is 115 Å². The Bertz CT molecular complexity index is 2610. The number of hydrogen-bond donors (Lipinski definition) is 0. The van der Waals surface area contributed by atoms with Crippen LogP contribution in [0.4, 0.5) is 0 Å². The van der Waals surface area contributed by atoms with E-state index in [1.165, 1.54) is 90.1 Å². The van der Waals surface area contributed by atoms with E-state index in [4.69, 9.17) is 0 Å². The molecular weight excluding hydrogens is 547 g/mol. The fourth-order valence-corrected chi connectivity index (χ4v) is 10.2. The lowest BCUT2D eigenvalue weighted by Gasteiger charge is -2.23. The van der Waals surface area contributed by atoms with Crippen LogP contribution in [0.2, 0.25) is 0 Å². The van der Waals surface area contributed by atoms with E-state index in [0.29, 0.717) is 0 Å². The summed E-state index contributed by atoms with van der Waals surface area (Å²) in [7, 11) is 0. The number of nitrogens with zero attached hydrogens (tertiary/aromatic N) is 1. The lowest BCUT2D eigenvalue weighted by Crippen LogP contribution is -2.15. The summed E-state index contributed by atoms with van der Waals surface area (Å²) in [5.74, 6) is 0. The normalized spacial score (nSPS) is 14.1. The van der Waals surface area contributed by atoms with Crippen molar-refractivity contribution in [2.75, 3.05) is 0 Å². The molecule has 0 fully saturated rings. The number of benzene rings is 6. The van der Waals surface area contributed by atoms with Crippen molar-refractivity contribution in [1.29, 1.82) is 0 Å². The summed E-state index contributed by atoms with van der Waals surface area (Å²) in [4.78, 5) is 0. The molecule has 9 aromatic rings. The predicted molar refractivity (Wildman–Crippen MR) is 184 cm³/mol. The van der Waals surface area contributed by atoms with Gasteiger partial charge in [0.2, 0.25) is 0 Å². The van der Waals surface area contributed by atoms with Crippen molar-refractivity contribution < 1.29 is 0 Å². The van der Waals surface area contributed by atoms with Gasteiger partial charge in [-0.3, -0.25) is 0 Å². The van der Waals surface area contributed by atoms with Gasteiger partial charge in [-0.25, -0.2) is 0 Å². The molecule has 0 amide bonds. The Hall–Kier alpha value is -4.44. The fourth-order valence-electron chi connectivity index (χ4n) is 7.81. The van der Waals surface area contributed by atoms with Crippen LogP contribution < -0.4 is 0 Å². The highest BCUT2D eigenvalue weighted by Gasteiger charge is 2.40. The van der Waals surface area contributed by atoms with E-state index >= 15 is 0 Å². The molecule has 0 aliphatic heterocycles. The number of hydrogen-bond acceptors (Lipinski definition) is 2. The molecule has 0 bridgehead atoms. The van der Waals surface area contributed by atoms with E-state index in [2.05, 4.69) is 134 Å². The summed E-state index contributed by atoms with van der Waals surface area (Å²) in [6, 6.07) is 43.0. The predicted octanol–water partition coefficient (Wildman–Crippen LogP) is 11.8. The average Bonchev–Trinajstić information content (AvgIpc) is 3.74. The van der Waals surface area contributed by atoms with Crippen LogP contribution in [0.5, 0.6) is 0 Å². The number of fused-ring (bicyclic) bond motifs is 15. The summed E-state index contributed by atoms with van der Waals surface area (Å²) in [6.07, 6.45) is 0. The van der Waals surface area contributed by atoms with Gasteiger partial charge in [0, 0.05) is 67.8 Å². The molecule has 3 heterocycles. The molecule has 42 heavy (non-hydrogen) atoms. The van der Waals surface area contributed by atoms with Crippen molar-refractivity contribution in [2.45, 2.75) is 19.3 Å². The largest absolute Gasteiger partial charge is 0.309 e. The van der Waals surface area contributed by atoms with Crippen molar-refractivity contribution in [1.82, 2.24) is 4.57 Å². The maximum absolute atomic E-state index is 2.57. The maximum atomic E-state index is 2.57. The molecule has 1 nitrogen and oxygen atoms in total. The maximum Gasteiger partial charge on any atom is 0.0637 e. The van der Waals surface area contributed by atoms with Gasteiger partial charge in [-0.2, -0.15) is 0 Å². The molecule has 0 N–H and O–H groups in total. The summed E-state index contributed by atoms with van der Waals surface area (Å²) in [5, 5.41) is 8.12. The highest BCUT2D eigenvalue weighted by Crippen LogP contribution is 2.58. The third-order valence-electron chi connectivity index (χ3n) is 9.55. The molecule has 0 saturated heterocycles. The smallest absolute Gasteiger partial charge is 0.0637 e. The molecule has 1 aliphatic rings. The SMILES string of the molecule is CC1(C)c2ccccc2-c2c1c1c3ccccc3n(-c3ccc4sc5ccccc5c4c3)c1c1c2sc2ccccc21. The standard InChI is InChI=1S/C39H25NS2/c1-39(2)28-15-7-3-12-24(28)34-36(39)33-25-13-4-8-16-29(25)40(37(33)35-26-14-6-10-18-31(26)42-38(34)35)22-19-20-32-27(21-22)23-11-5-9-17-30(23)41-32/h3-21H,1-2H3. The summed E-state index contributed by atoms with van der Waals surface area (Å²) in [5.41, 5.74) is 9.42. The van der Waals surface area contributed by atoms with E-state index in [9.17, 15) is 0 Å². The zero-order valence-electron chi connectivity index (χ0n) is 23.2. The number of para-hydroxylation sites is 1. The molecule has 0 unspecified atom stereocenters. The Morgan fingerprint density at radius 1 is 0.571 bits per heavy atom. The van der Waals surface area contributed by atoms with Gasteiger partial charge in [-0.1, -0.05) is 92.7 Å². The Morgan fingerprint density at radius 2 is 1.24 bits per heavy atom. The van der Waals surface area contributed by atoms with Gasteiger partial charge in [0.1, 0.15) is 0 Å². The molecule has 198 valence electrons. The minimum Gasteiger partial charge on any atom is -0.309 e. The first-order valence-corrected chi connectivity index (χ1v) is 16.2. The van der Waals surface area contributed by atoms with Gasteiger partial charge in [0.15, 0.2) is 0 Å². The van der Waals surface area contributed by atoms with E-state index in [1.54, 1.807) is 0 Å². The third kappa shape index (κ3) is 2.74. The van der Waals surface area contributed by atoms with Crippen LogP contribution in [0.3, 0.4) is 0 Å².